The molecule has 4 aromatic rings. The molecule has 5 rings (SSSR count). The number of pyridine rings is 1. The monoisotopic (exact) mass is 480 g/mol. The van der Waals surface area contributed by atoms with Crippen molar-refractivity contribution in [3.63, 3.8) is 0 Å². The van der Waals surface area contributed by atoms with Crippen molar-refractivity contribution < 1.29 is 13.2 Å². The van der Waals surface area contributed by atoms with Gasteiger partial charge in [-0.05, 0) is 56.3 Å². The van der Waals surface area contributed by atoms with E-state index in [2.05, 4.69) is 10.4 Å². The molecule has 0 bridgehead atoms. The van der Waals surface area contributed by atoms with E-state index in [1.54, 1.807) is 10.7 Å². The Morgan fingerprint density at radius 1 is 1.18 bits per heavy atom. The predicted molar refractivity (Wildman–Crippen MR) is 132 cm³/mol. The highest BCUT2D eigenvalue weighted by molar-refractivity contribution is 7.91. The molecule has 1 amide bonds. The fourth-order valence-electron chi connectivity index (χ4n) is 4.41. The van der Waals surface area contributed by atoms with Crippen LogP contribution in [0.2, 0.25) is 0 Å². The number of amides is 1. The largest absolute Gasteiger partial charge is 0.322 e. The van der Waals surface area contributed by atoms with E-state index in [1.165, 1.54) is 11.3 Å². The number of rotatable bonds is 4. The summed E-state index contributed by atoms with van der Waals surface area (Å²) in [5, 5.41) is 10.3. The lowest BCUT2D eigenvalue weighted by molar-refractivity contribution is 0.102. The molecule has 4 heterocycles. The molecule has 1 saturated heterocycles. The molecule has 0 saturated carbocycles. The molecule has 1 fully saturated rings. The molecule has 3 aromatic heterocycles. The third kappa shape index (κ3) is 4.06. The van der Waals surface area contributed by atoms with Gasteiger partial charge in [0.2, 0.25) is 0 Å². The van der Waals surface area contributed by atoms with Crippen LogP contribution in [0.5, 0.6) is 0 Å². The van der Waals surface area contributed by atoms with E-state index < -0.39 is 9.84 Å². The lowest BCUT2D eigenvalue weighted by Gasteiger charge is -2.13. The number of nitrogens with zero attached hydrogens (tertiary/aromatic N) is 3. The van der Waals surface area contributed by atoms with Crippen LogP contribution in [-0.4, -0.2) is 40.6 Å². The van der Waals surface area contributed by atoms with Crippen LogP contribution in [0.1, 0.15) is 39.6 Å². The lowest BCUT2D eigenvalue weighted by Crippen LogP contribution is -2.15. The SMILES string of the molecule is Cc1ccc(NC(=O)c2cc(-c3cccs3)nc3c2c(C)nn3C2CCS(=O)(=O)C2)c(C)c1. The number of carbonyl (C=O) groups excluding carboxylic acids is 1. The maximum atomic E-state index is 13.5. The number of benzene rings is 1. The molecular weight excluding hydrogens is 456 g/mol. The first-order valence-corrected chi connectivity index (χ1v) is 13.4. The van der Waals surface area contributed by atoms with Crippen molar-refractivity contribution >= 4 is 43.8 Å². The van der Waals surface area contributed by atoms with Crippen molar-refractivity contribution in [2.75, 3.05) is 16.8 Å². The van der Waals surface area contributed by atoms with Crippen LogP contribution in [0, 0.1) is 20.8 Å². The summed E-state index contributed by atoms with van der Waals surface area (Å²) in [6.07, 6.45) is 0.494. The van der Waals surface area contributed by atoms with Gasteiger partial charge in [0.25, 0.3) is 5.91 Å². The molecule has 1 unspecified atom stereocenters. The van der Waals surface area contributed by atoms with Gasteiger partial charge in [-0.1, -0.05) is 23.8 Å². The van der Waals surface area contributed by atoms with E-state index in [0.717, 1.165) is 21.7 Å². The minimum atomic E-state index is -3.10. The third-order valence-corrected chi connectivity index (χ3v) is 8.68. The van der Waals surface area contributed by atoms with E-state index in [0.29, 0.717) is 34.4 Å². The molecule has 1 N–H and O–H groups in total. The minimum Gasteiger partial charge on any atom is -0.322 e. The predicted octanol–water partition coefficient (Wildman–Crippen LogP) is 4.70. The molecule has 1 aliphatic rings. The number of carbonyl (C=O) groups is 1. The van der Waals surface area contributed by atoms with E-state index in [9.17, 15) is 13.2 Å². The van der Waals surface area contributed by atoms with Crippen LogP contribution in [0.25, 0.3) is 21.6 Å². The average Bonchev–Trinajstić information content (AvgIpc) is 3.49. The lowest BCUT2D eigenvalue weighted by atomic mass is 10.1. The van der Waals surface area contributed by atoms with Crippen molar-refractivity contribution in [2.24, 2.45) is 0 Å². The van der Waals surface area contributed by atoms with E-state index in [-0.39, 0.29) is 23.5 Å². The highest BCUT2D eigenvalue weighted by Gasteiger charge is 2.32. The quantitative estimate of drug-likeness (QED) is 0.457. The van der Waals surface area contributed by atoms with Crippen LogP contribution < -0.4 is 5.32 Å². The summed E-state index contributed by atoms with van der Waals surface area (Å²) < 4.78 is 26.0. The number of hydrogen-bond acceptors (Lipinski definition) is 6. The van der Waals surface area contributed by atoms with Crippen molar-refractivity contribution in [2.45, 2.75) is 33.2 Å². The summed E-state index contributed by atoms with van der Waals surface area (Å²) in [4.78, 5) is 19.3. The summed E-state index contributed by atoms with van der Waals surface area (Å²) in [5.74, 6) is -0.0603. The number of anilines is 1. The van der Waals surface area contributed by atoms with Crippen LogP contribution in [0.15, 0.2) is 41.8 Å². The number of hydrogen-bond donors (Lipinski definition) is 1. The van der Waals surface area contributed by atoms with Gasteiger partial charge < -0.3 is 5.32 Å². The number of fused-ring (bicyclic) bond motifs is 1. The Morgan fingerprint density at radius 3 is 2.67 bits per heavy atom. The van der Waals surface area contributed by atoms with Gasteiger partial charge in [-0.2, -0.15) is 5.10 Å². The normalized spacial score (nSPS) is 17.5. The molecule has 1 aliphatic heterocycles. The molecule has 170 valence electrons. The smallest absolute Gasteiger partial charge is 0.256 e. The maximum absolute atomic E-state index is 13.5. The summed E-state index contributed by atoms with van der Waals surface area (Å²) in [6, 6.07) is 11.3. The minimum absolute atomic E-state index is 0.0399. The Kier molecular flexibility index (Phi) is 5.33. The van der Waals surface area contributed by atoms with Crippen molar-refractivity contribution in [3.8, 4) is 10.6 Å². The Labute approximate surface area is 196 Å². The zero-order chi connectivity index (χ0) is 23.3. The molecule has 0 spiro atoms. The van der Waals surface area contributed by atoms with Gasteiger partial charge in [0.15, 0.2) is 15.5 Å². The Hall–Kier alpha value is -3.04. The van der Waals surface area contributed by atoms with Gasteiger partial charge in [-0.15, -0.1) is 11.3 Å². The third-order valence-electron chi connectivity index (χ3n) is 6.04. The topological polar surface area (TPSA) is 93.9 Å². The highest BCUT2D eigenvalue weighted by Crippen LogP contribution is 2.33. The molecule has 9 heteroatoms. The summed E-state index contributed by atoms with van der Waals surface area (Å²) in [7, 11) is -3.10. The second-order valence-electron chi connectivity index (χ2n) is 8.59. The van der Waals surface area contributed by atoms with E-state index in [1.807, 2.05) is 56.5 Å². The van der Waals surface area contributed by atoms with Crippen molar-refractivity contribution in [1.82, 2.24) is 14.8 Å². The van der Waals surface area contributed by atoms with Gasteiger partial charge in [0, 0.05) is 5.69 Å². The molecule has 33 heavy (non-hydrogen) atoms. The van der Waals surface area contributed by atoms with Gasteiger partial charge in [0.1, 0.15) is 0 Å². The number of thiophene rings is 1. The van der Waals surface area contributed by atoms with Crippen molar-refractivity contribution in [3.05, 3.63) is 64.2 Å². The fourth-order valence-corrected chi connectivity index (χ4v) is 6.79. The molecule has 0 radical (unpaired) electrons. The Balaban J connectivity index is 1.66. The van der Waals surface area contributed by atoms with Gasteiger partial charge in [-0.3, -0.25) is 4.79 Å². The number of nitrogens with one attached hydrogen (secondary N) is 1. The molecular formula is C24H24N4O3S2. The zero-order valence-corrected chi connectivity index (χ0v) is 20.3. The molecule has 7 nitrogen and oxygen atoms in total. The van der Waals surface area contributed by atoms with Crippen molar-refractivity contribution in [1.29, 1.82) is 0 Å². The van der Waals surface area contributed by atoms with Crippen LogP contribution in [0.4, 0.5) is 5.69 Å². The number of aromatic nitrogens is 3. The fraction of sp³-hybridized carbons (Fsp3) is 0.292. The van der Waals surface area contributed by atoms with E-state index >= 15 is 0 Å². The first kappa shape index (κ1) is 21.8. The maximum Gasteiger partial charge on any atom is 0.256 e. The molecule has 1 aromatic carbocycles. The highest BCUT2D eigenvalue weighted by atomic mass is 32.2. The van der Waals surface area contributed by atoms with Crippen LogP contribution >= 0.6 is 11.3 Å². The average molecular weight is 481 g/mol. The Morgan fingerprint density at radius 2 is 2.00 bits per heavy atom. The number of sulfone groups is 1. The summed E-state index contributed by atoms with van der Waals surface area (Å²) in [6.45, 7) is 5.81. The first-order valence-electron chi connectivity index (χ1n) is 10.7. The standard InChI is InChI=1S/C24H24N4O3S2/c1-14-6-7-19(15(2)11-14)26-24(29)18-12-20(21-5-4-9-32-21)25-23-22(18)16(3)27-28(23)17-8-10-33(30,31)13-17/h4-7,9,11-12,17H,8,10,13H2,1-3H3,(H,26,29). The number of aryl methyl sites for hydroxylation is 3. The second kappa shape index (κ2) is 8.07. The summed E-state index contributed by atoms with van der Waals surface area (Å²) >= 11 is 1.54. The van der Waals surface area contributed by atoms with Crippen LogP contribution in [0.3, 0.4) is 0 Å². The molecule has 1 atom stereocenters. The Bertz CT molecular complexity index is 1490. The molecule has 0 aliphatic carbocycles. The van der Waals surface area contributed by atoms with Gasteiger partial charge in [-0.25, -0.2) is 18.1 Å². The summed E-state index contributed by atoms with van der Waals surface area (Å²) in [5.41, 5.74) is 5.21. The van der Waals surface area contributed by atoms with Gasteiger partial charge >= 0.3 is 0 Å². The second-order valence-corrected chi connectivity index (χ2v) is 11.8. The van der Waals surface area contributed by atoms with Gasteiger partial charge in [0.05, 0.1) is 44.8 Å². The first-order chi connectivity index (χ1) is 15.7. The van der Waals surface area contributed by atoms with Crippen LogP contribution in [-0.2, 0) is 9.84 Å². The van der Waals surface area contributed by atoms with E-state index in [4.69, 9.17) is 4.98 Å². The zero-order valence-electron chi connectivity index (χ0n) is 18.6.